The maximum Gasteiger partial charge on any atom is 0.321 e. The zero-order valence-electron chi connectivity index (χ0n) is 9.09. The lowest BCUT2D eigenvalue weighted by Crippen LogP contribution is -2.37. The van der Waals surface area contributed by atoms with E-state index in [-0.39, 0.29) is 6.54 Å². The summed E-state index contributed by atoms with van der Waals surface area (Å²) in [6.07, 6.45) is 0.847. The molecule has 5 heteroatoms. The van der Waals surface area contributed by atoms with Crippen molar-refractivity contribution in [2.75, 3.05) is 6.54 Å². The van der Waals surface area contributed by atoms with Gasteiger partial charge in [-0.15, -0.1) is 0 Å². The van der Waals surface area contributed by atoms with Crippen molar-refractivity contribution in [2.24, 2.45) is 11.5 Å². The molecule has 0 aliphatic carbocycles. The highest BCUT2D eigenvalue weighted by Gasteiger charge is 2.05. The second-order valence-corrected chi connectivity index (χ2v) is 3.21. The molecule has 1 aromatic carbocycles. The fourth-order valence-corrected chi connectivity index (χ4v) is 0.746. The van der Waals surface area contributed by atoms with Crippen molar-refractivity contribution in [1.82, 2.24) is 0 Å². The van der Waals surface area contributed by atoms with Crippen molar-refractivity contribution in [2.45, 2.75) is 13.0 Å². The molecule has 1 rings (SSSR count). The molecule has 0 saturated carbocycles. The predicted molar refractivity (Wildman–Crippen MR) is 61.2 cm³/mol. The van der Waals surface area contributed by atoms with Gasteiger partial charge in [-0.1, -0.05) is 29.8 Å². The smallest absolute Gasteiger partial charge is 0.321 e. The van der Waals surface area contributed by atoms with Crippen LogP contribution < -0.4 is 11.5 Å². The Bertz CT molecular complexity index is 336. The SMILES string of the molecule is Cc1ccc(C=O)cc1.NC[C@H](N)C(=O)O. The Balaban J connectivity index is 0.000000293. The fourth-order valence-electron chi connectivity index (χ4n) is 0.746. The maximum atomic E-state index is 10.1. The van der Waals surface area contributed by atoms with Crippen molar-refractivity contribution in [3.63, 3.8) is 0 Å². The van der Waals surface area contributed by atoms with Crippen molar-refractivity contribution in [1.29, 1.82) is 0 Å². The third kappa shape index (κ3) is 5.90. The Morgan fingerprint density at radius 2 is 1.94 bits per heavy atom. The molecule has 5 nitrogen and oxygen atoms in total. The lowest BCUT2D eigenvalue weighted by Gasteiger charge is -1.97. The molecule has 0 aromatic heterocycles. The molecule has 0 amide bonds. The van der Waals surface area contributed by atoms with E-state index in [1.165, 1.54) is 5.56 Å². The molecule has 0 radical (unpaired) electrons. The number of hydrogen-bond acceptors (Lipinski definition) is 4. The first-order valence-corrected chi connectivity index (χ1v) is 4.71. The van der Waals surface area contributed by atoms with Crippen LogP contribution in [0.15, 0.2) is 24.3 Å². The number of aryl methyl sites for hydroxylation is 1. The first-order valence-electron chi connectivity index (χ1n) is 4.71. The Labute approximate surface area is 94.1 Å². The lowest BCUT2D eigenvalue weighted by atomic mass is 10.2. The Morgan fingerprint density at radius 3 is 2.19 bits per heavy atom. The van der Waals surface area contributed by atoms with Gasteiger partial charge in [-0.25, -0.2) is 0 Å². The van der Waals surface area contributed by atoms with Gasteiger partial charge < -0.3 is 16.6 Å². The Hall–Kier alpha value is -1.72. The zero-order valence-corrected chi connectivity index (χ0v) is 9.09. The standard InChI is InChI=1S/C8H8O.C3H8N2O2/c1-7-2-4-8(6-9)5-3-7;4-1-2(5)3(6)7/h2-6H,1H3;2H,1,4-5H2,(H,6,7)/t;2-/m.0/s1. The van der Waals surface area contributed by atoms with E-state index in [4.69, 9.17) is 16.6 Å². The molecule has 0 aliphatic rings. The van der Waals surface area contributed by atoms with Crippen LogP contribution in [0.2, 0.25) is 0 Å². The summed E-state index contributed by atoms with van der Waals surface area (Å²) >= 11 is 0. The van der Waals surface area contributed by atoms with E-state index in [9.17, 15) is 9.59 Å². The van der Waals surface area contributed by atoms with Crippen molar-refractivity contribution in [3.05, 3.63) is 35.4 Å². The van der Waals surface area contributed by atoms with Crippen molar-refractivity contribution < 1.29 is 14.7 Å². The number of benzene rings is 1. The van der Waals surface area contributed by atoms with E-state index in [0.717, 1.165) is 11.8 Å². The van der Waals surface area contributed by atoms with Gasteiger partial charge >= 0.3 is 5.97 Å². The third-order valence-electron chi connectivity index (χ3n) is 1.78. The van der Waals surface area contributed by atoms with Crippen molar-refractivity contribution in [3.8, 4) is 0 Å². The second-order valence-electron chi connectivity index (χ2n) is 3.21. The molecule has 16 heavy (non-hydrogen) atoms. The first-order chi connectivity index (χ1) is 7.51. The largest absolute Gasteiger partial charge is 0.480 e. The van der Waals surface area contributed by atoms with Crippen LogP contribution in [0.1, 0.15) is 15.9 Å². The minimum Gasteiger partial charge on any atom is -0.480 e. The molecule has 0 fully saturated rings. The Kier molecular flexibility index (Phi) is 6.74. The molecular weight excluding hydrogens is 208 g/mol. The third-order valence-corrected chi connectivity index (χ3v) is 1.78. The normalized spacial score (nSPS) is 10.9. The Morgan fingerprint density at radius 1 is 1.44 bits per heavy atom. The van der Waals surface area contributed by atoms with E-state index in [1.54, 1.807) is 0 Å². The highest BCUT2D eigenvalue weighted by Crippen LogP contribution is 1.98. The van der Waals surface area contributed by atoms with Crippen LogP contribution >= 0.6 is 0 Å². The molecular formula is C11H16N2O3. The van der Waals surface area contributed by atoms with Gasteiger partial charge in [0.05, 0.1) is 0 Å². The van der Waals surface area contributed by atoms with Crippen molar-refractivity contribution >= 4 is 12.3 Å². The summed E-state index contributed by atoms with van der Waals surface area (Å²) in [5.74, 6) is -1.05. The summed E-state index contributed by atoms with van der Waals surface area (Å²) in [6, 6.07) is 6.55. The highest BCUT2D eigenvalue weighted by atomic mass is 16.4. The van der Waals surface area contributed by atoms with Crippen LogP contribution in [-0.2, 0) is 4.79 Å². The number of hydrogen-bond donors (Lipinski definition) is 3. The highest BCUT2D eigenvalue weighted by molar-refractivity contribution is 5.74. The molecule has 1 aromatic rings. The lowest BCUT2D eigenvalue weighted by molar-refractivity contribution is -0.138. The number of carboxylic acids is 1. The monoisotopic (exact) mass is 224 g/mol. The maximum absolute atomic E-state index is 10.1. The van der Waals surface area contributed by atoms with E-state index in [2.05, 4.69) is 0 Å². The van der Waals surface area contributed by atoms with Gasteiger partial charge in [-0.3, -0.25) is 9.59 Å². The van der Waals surface area contributed by atoms with Gasteiger partial charge in [-0.2, -0.15) is 0 Å². The number of rotatable bonds is 3. The zero-order chi connectivity index (χ0) is 12.6. The molecule has 88 valence electrons. The van der Waals surface area contributed by atoms with E-state index in [0.29, 0.717) is 0 Å². The van der Waals surface area contributed by atoms with E-state index >= 15 is 0 Å². The summed E-state index contributed by atoms with van der Waals surface area (Å²) in [4.78, 5) is 19.8. The first kappa shape index (κ1) is 14.3. The summed E-state index contributed by atoms with van der Waals surface area (Å²) in [7, 11) is 0. The summed E-state index contributed by atoms with van der Waals surface area (Å²) in [5, 5.41) is 7.98. The van der Waals surface area contributed by atoms with Crippen LogP contribution in [0.5, 0.6) is 0 Å². The van der Waals surface area contributed by atoms with Crippen LogP contribution in [0.25, 0.3) is 0 Å². The average molecular weight is 224 g/mol. The minimum absolute atomic E-state index is 0.00463. The quantitative estimate of drug-likeness (QED) is 0.634. The van der Waals surface area contributed by atoms with Crippen LogP contribution in [-0.4, -0.2) is 29.9 Å². The van der Waals surface area contributed by atoms with Gasteiger partial charge in [0.15, 0.2) is 0 Å². The summed E-state index contributed by atoms with van der Waals surface area (Å²) in [5.41, 5.74) is 11.7. The molecule has 0 heterocycles. The fraction of sp³-hybridized carbons (Fsp3) is 0.273. The summed E-state index contributed by atoms with van der Waals surface area (Å²) < 4.78 is 0. The molecule has 0 bridgehead atoms. The number of aldehydes is 1. The van der Waals surface area contributed by atoms with Crippen LogP contribution in [0.4, 0.5) is 0 Å². The molecule has 0 aliphatic heterocycles. The molecule has 5 N–H and O–H groups in total. The van der Waals surface area contributed by atoms with Gasteiger partial charge in [0.2, 0.25) is 0 Å². The van der Waals surface area contributed by atoms with Gasteiger partial charge in [0.1, 0.15) is 12.3 Å². The molecule has 0 unspecified atom stereocenters. The van der Waals surface area contributed by atoms with Gasteiger partial charge in [-0.05, 0) is 6.92 Å². The topological polar surface area (TPSA) is 106 Å². The second kappa shape index (κ2) is 7.56. The molecule has 0 saturated heterocycles. The van der Waals surface area contributed by atoms with E-state index in [1.807, 2.05) is 31.2 Å². The van der Waals surface area contributed by atoms with Gasteiger partial charge in [0, 0.05) is 12.1 Å². The number of aliphatic carboxylic acids is 1. The average Bonchev–Trinajstić information content (AvgIpc) is 2.29. The number of nitrogens with two attached hydrogens (primary N) is 2. The predicted octanol–water partition coefficient (Wildman–Crippen LogP) is 0.165. The van der Waals surface area contributed by atoms with Gasteiger partial charge in [0.25, 0.3) is 0 Å². The van der Waals surface area contributed by atoms with Crippen LogP contribution in [0, 0.1) is 6.92 Å². The number of carbonyl (C=O) groups is 2. The van der Waals surface area contributed by atoms with E-state index < -0.39 is 12.0 Å². The summed E-state index contributed by atoms with van der Waals surface area (Å²) in [6.45, 7) is 1.99. The number of carboxylic acid groups (broad SMARTS) is 1. The van der Waals surface area contributed by atoms with Crippen LogP contribution in [0.3, 0.4) is 0 Å². The molecule has 0 spiro atoms. The minimum atomic E-state index is -1.05. The number of carbonyl (C=O) groups excluding carboxylic acids is 1. The molecule has 1 atom stereocenters.